The lowest BCUT2D eigenvalue weighted by molar-refractivity contribution is -0.438. The molecule has 55 heavy (non-hydrogen) atoms. The molecular formula is C46H49Br2ClN2O3S. The molecule has 0 unspecified atom stereocenters. The van der Waals surface area contributed by atoms with Crippen molar-refractivity contribution in [1.29, 1.82) is 0 Å². The van der Waals surface area contributed by atoms with Gasteiger partial charge >= 0.3 is 0 Å². The van der Waals surface area contributed by atoms with Crippen LogP contribution in [0.4, 0.5) is 11.4 Å². The minimum atomic E-state index is -4.26. The number of allylic oxidation sites excluding steroid dienone is 8. The van der Waals surface area contributed by atoms with Gasteiger partial charge in [-0.25, -0.2) is 8.42 Å². The van der Waals surface area contributed by atoms with E-state index in [0.29, 0.717) is 19.4 Å². The SMILES string of the molecule is CCCCC[N+]1=C(/C=C/C2=C(Cl)C(=C/C=C3/N(CCCCS(=O)(=O)[O-])c4ccc5cc(Br)ccc5c4C3(C)C)/CC2)C(C)(C)c2c1ccc1cc(Br)ccc21. The van der Waals surface area contributed by atoms with E-state index in [0.717, 1.165) is 67.7 Å². The number of rotatable bonds is 12. The average Bonchev–Trinajstić information content (AvgIpc) is 3.66. The second kappa shape index (κ2) is 15.7. The molecule has 0 fully saturated rings. The highest BCUT2D eigenvalue weighted by Crippen LogP contribution is 2.51. The van der Waals surface area contributed by atoms with Gasteiger partial charge < -0.3 is 9.45 Å². The molecule has 0 saturated heterocycles. The summed E-state index contributed by atoms with van der Waals surface area (Å²) in [5, 5.41) is 5.71. The molecule has 4 aromatic carbocycles. The molecule has 0 bridgehead atoms. The van der Waals surface area contributed by atoms with E-state index in [1.807, 2.05) is 0 Å². The zero-order valence-corrected chi connectivity index (χ0v) is 37.1. The van der Waals surface area contributed by atoms with Crippen molar-refractivity contribution in [3.05, 3.63) is 127 Å². The Hall–Kier alpha value is -3.01. The summed E-state index contributed by atoms with van der Waals surface area (Å²) in [4.78, 5) is 2.31. The normalized spacial score (nSPS) is 19.3. The Morgan fingerprint density at radius 2 is 1.49 bits per heavy atom. The molecule has 0 saturated carbocycles. The molecule has 2 heterocycles. The Kier molecular flexibility index (Phi) is 11.5. The highest BCUT2D eigenvalue weighted by molar-refractivity contribution is 9.10. The molecule has 7 rings (SSSR count). The summed E-state index contributed by atoms with van der Waals surface area (Å²) < 4.78 is 38.8. The Balaban J connectivity index is 1.23. The van der Waals surface area contributed by atoms with Crippen molar-refractivity contribution < 1.29 is 17.5 Å². The lowest BCUT2D eigenvalue weighted by Gasteiger charge is -2.27. The minimum absolute atomic E-state index is 0.190. The van der Waals surface area contributed by atoms with Crippen LogP contribution in [0.2, 0.25) is 0 Å². The zero-order chi connectivity index (χ0) is 39.3. The number of fused-ring (bicyclic) bond motifs is 6. The van der Waals surface area contributed by atoms with Crippen molar-refractivity contribution in [2.45, 2.75) is 90.4 Å². The van der Waals surface area contributed by atoms with Crippen LogP contribution in [0.5, 0.6) is 0 Å². The maximum Gasteiger partial charge on any atom is 0.210 e. The van der Waals surface area contributed by atoms with E-state index < -0.39 is 10.1 Å². The maximum absolute atomic E-state index is 11.4. The van der Waals surface area contributed by atoms with Gasteiger partial charge in [-0.2, -0.15) is 4.58 Å². The first kappa shape index (κ1) is 40.2. The number of hydrogen-bond acceptors (Lipinski definition) is 4. The molecule has 288 valence electrons. The van der Waals surface area contributed by atoms with Crippen LogP contribution in [0.3, 0.4) is 0 Å². The number of anilines is 1. The van der Waals surface area contributed by atoms with Crippen molar-refractivity contribution in [2.75, 3.05) is 23.7 Å². The van der Waals surface area contributed by atoms with Crippen molar-refractivity contribution in [2.24, 2.45) is 0 Å². The molecule has 1 aliphatic carbocycles. The van der Waals surface area contributed by atoms with Gasteiger partial charge in [0, 0.05) is 67.2 Å². The standard InChI is InChI=1S/C46H49Br2ClN2O3S/c1-6-7-8-25-50-38-21-13-32-28-34(47)17-19-36(32)42(38)45(2,3)40(50)23-15-30-11-12-31(44(30)49)16-24-41-46(4,5)43-37-20-18-35(48)29-33(37)14-22-39(43)51(41)26-9-10-27-55(52,53)54/h13-24,28-29H,6-12,25-27H2,1-5H3. The first-order valence-electron chi connectivity index (χ1n) is 19.4. The first-order chi connectivity index (χ1) is 26.1. The minimum Gasteiger partial charge on any atom is -0.748 e. The van der Waals surface area contributed by atoms with Gasteiger partial charge in [0.15, 0.2) is 5.71 Å². The maximum atomic E-state index is 11.4. The highest BCUT2D eigenvalue weighted by Gasteiger charge is 2.45. The van der Waals surface area contributed by atoms with Crippen LogP contribution in [0.25, 0.3) is 21.5 Å². The van der Waals surface area contributed by atoms with Gasteiger partial charge in [-0.05, 0) is 127 Å². The van der Waals surface area contributed by atoms with Gasteiger partial charge in [0.25, 0.3) is 0 Å². The van der Waals surface area contributed by atoms with Gasteiger partial charge in [0.05, 0.1) is 15.5 Å². The summed E-state index contributed by atoms with van der Waals surface area (Å²) in [5.41, 5.74) is 9.22. The topological polar surface area (TPSA) is 63.5 Å². The third-order valence-electron chi connectivity index (χ3n) is 11.7. The Morgan fingerprint density at radius 1 is 0.818 bits per heavy atom. The first-order valence-corrected chi connectivity index (χ1v) is 23.0. The fourth-order valence-corrected chi connectivity index (χ4v) is 10.7. The van der Waals surface area contributed by atoms with Crippen LogP contribution >= 0.6 is 43.5 Å². The van der Waals surface area contributed by atoms with E-state index in [2.05, 4.69) is 161 Å². The summed E-state index contributed by atoms with van der Waals surface area (Å²) in [7, 11) is -4.26. The van der Waals surface area contributed by atoms with E-state index in [4.69, 9.17) is 11.6 Å². The summed E-state index contributed by atoms with van der Waals surface area (Å²) in [6.07, 6.45) is 15.1. The predicted octanol–water partition coefficient (Wildman–Crippen LogP) is 12.9. The van der Waals surface area contributed by atoms with Crippen molar-refractivity contribution in [3.8, 4) is 0 Å². The fraction of sp³-hybridized carbons (Fsp3) is 0.370. The van der Waals surface area contributed by atoms with Crippen LogP contribution in [0.1, 0.15) is 90.7 Å². The zero-order valence-electron chi connectivity index (χ0n) is 32.3. The number of benzene rings is 4. The predicted molar refractivity (Wildman–Crippen MR) is 237 cm³/mol. The molecule has 3 aliphatic rings. The smallest absolute Gasteiger partial charge is 0.210 e. The van der Waals surface area contributed by atoms with Gasteiger partial charge in [0.2, 0.25) is 5.69 Å². The monoisotopic (exact) mass is 902 g/mol. The van der Waals surface area contributed by atoms with E-state index in [1.54, 1.807) is 0 Å². The van der Waals surface area contributed by atoms with E-state index in [-0.39, 0.29) is 16.6 Å². The summed E-state index contributed by atoms with van der Waals surface area (Å²) in [5.74, 6) is -0.351. The largest absolute Gasteiger partial charge is 0.748 e. The van der Waals surface area contributed by atoms with Crippen molar-refractivity contribution in [1.82, 2.24) is 0 Å². The third kappa shape index (κ3) is 7.83. The van der Waals surface area contributed by atoms with Crippen LogP contribution in [-0.4, -0.2) is 42.1 Å². The van der Waals surface area contributed by atoms with E-state index in [1.165, 1.54) is 51.5 Å². The molecule has 0 aromatic heterocycles. The molecule has 2 aliphatic heterocycles. The average molecular weight is 905 g/mol. The Morgan fingerprint density at radius 3 is 2.16 bits per heavy atom. The summed E-state index contributed by atoms with van der Waals surface area (Å²) in [6.45, 7) is 13.1. The van der Waals surface area contributed by atoms with Crippen LogP contribution in [0, 0.1) is 0 Å². The molecule has 0 spiro atoms. The van der Waals surface area contributed by atoms with Crippen LogP contribution in [-0.2, 0) is 20.9 Å². The van der Waals surface area contributed by atoms with E-state index >= 15 is 0 Å². The fourth-order valence-electron chi connectivity index (χ4n) is 9.05. The quantitative estimate of drug-likeness (QED) is 0.0807. The molecule has 0 atom stereocenters. The number of halogens is 3. The molecular weight excluding hydrogens is 856 g/mol. The van der Waals surface area contributed by atoms with Gasteiger partial charge in [0.1, 0.15) is 6.54 Å². The lowest BCUT2D eigenvalue weighted by atomic mass is 9.79. The molecule has 0 N–H and O–H groups in total. The van der Waals surface area contributed by atoms with Gasteiger partial charge in [-0.1, -0.05) is 101 Å². The number of unbranched alkanes of at least 4 members (excludes halogenated alkanes) is 3. The lowest BCUT2D eigenvalue weighted by Crippen LogP contribution is -2.28. The Labute approximate surface area is 348 Å². The van der Waals surface area contributed by atoms with Crippen molar-refractivity contribution >= 4 is 92.2 Å². The van der Waals surface area contributed by atoms with Crippen molar-refractivity contribution in [3.63, 3.8) is 0 Å². The number of hydrogen-bond donors (Lipinski definition) is 0. The molecule has 5 nitrogen and oxygen atoms in total. The molecule has 4 aromatic rings. The van der Waals surface area contributed by atoms with E-state index in [9.17, 15) is 13.0 Å². The second-order valence-corrected chi connectivity index (χ2v) is 19.9. The summed E-state index contributed by atoms with van der Waals surface area (Å²) in [6, 6.07) is 21.9. The summed E-state index contributed by atoms with van der Waals surface area (Å²) >= 11 is 14.5. The molecule has 0 radical (unpaired) electrons. The Bertz CT molecular complexity index is 2480. The molecule has 0 amide bonds. The van der Waals surface area contributed by atoms with Gasteiger partial charge in [-0.15, -0.1) is 0 Å². The second-order valence-electron chi connectivity index (χ2n) is 16.2. The number of nitrogens with zero attached hydrogens (tertiary/aromatic N) is 2. The third-order valence-corrected chi connectivity index (χ3v) is 14.0. The highest BCUT2D eigenvalue weighted by atomic mass is 79.9. The van der Waals surface area contributed by atoms with Gasteiger partial charge in [-0.3, -0.25) is 0 Å². The van der Waals surface area contributed by atoms with Crippen LogP contribution < -0.4 is 4.90 Å². The molecule has 9 heteroatoms. The van der Waals surface area contributed by atoms with Crippen LogP contribution in [0.15, 0.2) is 116 Å².